The number of likely N-dealkylation sites (tertiary alicyclic amines) is 1. The molecule has 42 heavy (non-hydrogen) atoms. The largest absolute Gasteiger partial charge is 0.433 e. The van der Waals surface area contributed by atoms with E-state index in [-0.39, 0.29) is 41.2 Å². The zero-order valence-electron chi connectivity index (χ0n) is 22.9. The smallest absolute Gasteiger partial charge is 0.325 e. The number of ketones is 1. The van der Waals surface area contributed by atoms with Gasteiger partial charge in [-0.25, -0.2) is 15.0 Å². The molecule has 216 valence electrons. The highest BCUT2D eigenvalue weighted by atomic mass is 19.4. The minimum atomic E-state index is -4.66. The van der Waals surface area contributed by atoms with Crippen molar-refractivity contribution in [1.82, 2.24) is 29.6 Å². The lowest BCUT2D eigenvalue weighted by atomic mass is 10.0. The van der Waals surface area contributed by atoms with Crippen LogP contribution in [0.5, 0.6) is 0 Å². The summed E-state index contributed by atoms with van der Waals surface area (Å²) in [7, 11) is 0. The van der Waals surface area contributed by atoms with Gasteiger partial charge in [0, 0.05) is 36.3 Å². The van der Waals surface area contributed by atoms with Crippen LogP contribution >= 0.6 is 0 Å². The second-order valence-corrected chi connectivity index (χ2v) is 11.1. The summed E-state index contributed by atoms with van der Waals surface area (Å²) in [4.78, 5) is 52.9. The van der Waals surface area contributed by atoms with Crippen molar-refractivity contribution in [2.75, 3.05) is 5.32 Å². The van der Waals surface area contributed by atoms with Gasteiger partial charge in [0.25, 0.3) is 0 Å². The molecule has 2 amide bonds. The molecule has 2 aliphatic rings. The molecular weight excluding hydrogens is 551 g/mol. The summed E-state index contributed by atoms with van der Waals surface area (Å²) in [5.74, 6) is -0.878. The van der Waals surface area contributed by atoms with Crippen LogP contribution in [-0.4, -0.2) is 59.3 Å². The Labute approximate surface area is 238 Å². The maximum atomic E-state index is 13.7. The number of rotatable bonds is 6. The number of hydrogen-bond acceptors (Lipinski definition) is 7. The Morgan fingerprint density at radius 1 is 1.07 bits per heavy atom. The van der Waals surface area contributed by atoms with E-state index in [4.69, 9.17) is 0 Å². The van der Waals surface area contributed by atoms with Crippen molar-refractivity contribution >= 4 is 34.3 Å². The number of nitrogens with one attached hydrogen (secondary N) is 1. The first-order chi connectivity index (χ1) is 19.8. The molecule has 13 heteroatoms. The molecule has 1 saturated carbocycles. The van der Waals surface area contributed by atoms with Crippen LogP contribution in [0.15, 0.2) is 48.8 Å². The average Bonchev–Trinajstić information content (AvgIpc) is 3.30. The van der Waals surface area contributed by atoms with E-state index in [1.165, 1.54) is 22.6 Å². The number of amides is 2. The number of carbonyl (C=O) groups is 3. The Morgan fingerprint density at radius 3 is 2.50 bits per heavy atom. The zero-order valence-corrected chi connectivity index (χ0v) is 22.9. The van der Waals surface area contributed by atoms with E-state index in [9.17, 15) is 27.6 Å². The van der Waals surface area contributed by atoms with E-state index in [1.54, 1.807) is 31.5 Å². The fourth-order valence-electron chi connectivity index (χ4n) is 5.72. The number of aromatic nitrogens is 5. The lowest BCUT2D eigenvalue weighted by molar-refractivity contribution is -0.141. The molecule has 3 atom stereocenters. The summed E-state index contributed by atoms with van der Waals surface area (Å²) in [5, 5.41) is 7.47. The molecule has 1 saturated heterocycles. The zero-order chi connectivity index (χ0) is 30.0. The second-order valence-electron chi connectivity index (χ2n) is 11.1. The fourth-order valence-corrected chi connectivity index (χ4v) is 5.72. The van der Waals surface area contributed by atoms with E-state index in [0.717, 1.165) is 23.3 Å². The van der Waals surface area contributed by atoms with Gasteiger partial charge in [-0.1, -0.05) is 19.1 Å². The van der Waals surface area contributed by atoms with Gasteiger partial charge >= 0.3 is 6.18 Å². The third-order valence-corrected chi connectivity index (χ3v) is 8.00. The van der Waals surface area contributed by atoms with Crippen LogP contribution in [0, 0.1) is 12.3 Å². The number of nitrogens with zero attached hydrogens (tertiary/aromatic N) is 6. The molecular formula is C29H26F3N7O3. The monoisotopic (exact) mass is 577 g/mol. The van der Waals surface area contributed by atoms with Crippen molar-refractivity contribution in [3.8, 4) is 11.1 Å². The highest BCUT2D eigenvalue weighted by Gasteiger charge is 2.64. The van der Waals surface area contributed by atoms with Gasteiger partial charge in [-0.05, 0) is 55.0 Å². The van der Waals surface area contributed by atoms with Gasteiger partial charge in [-0.3, -0.25) is 19.1 Å². The Balaban J connectivity index is 1.27. The molecule has 0 spiro atoms. The molecule has 10 nitrogen and oxygen atoms in total. The van der Waals surface area contributed by atoms with Gasteiger partial charge in [0.05, 0.1) is 5.52 Å². The fraction of sp³-hybridized carbons (Fsp3) is 0.345. The number of hydrogen-bond donors (Lipinski definition) is 1. The number of Topliss-reactive ketones (excluding diaryl/α,β-unsaturated/α-hetero) is 1. The standard InChI is InChI=1S/C29H26F3N7O3/c1-15(40)26-19-9-17(18-12-33-16(2)34-13-18)7-8-20(19)38(37-26)14-25(41)39-21(10-28(3)11-23(28)39)27(42)36-24-6-4-5-22(35-24)29(30,31)32/h4-9,12-13,21,23H,10-11,14H2,1-3H3,(H,35,36,42)/t21-,23+,28-/m0/s1. The van der Waals surface area contributed by atoms with Crippen LogP contribution in [0.3, 0.4) is 0 Å². The number of alkyl halides is 3. The molecule has 1 aromatic carbocycles. The summed E-state index contributed by atoms with van der Waals surface area (Å²) in [6, 6.07) is 7.58. The third kappa shape index (κ3) is 4.88. The minimum absolute atomic E-state index is 0.183. The molecule has 0 radical (unpaired) electrons. The Kier molecular flexibility index (Phi) is 6.35. The molecule has 3 aromatic heterocycles. The predicted molar refractivity (Wildman–Crippen MR) is 145 cm³/mol. The average molecular weight is 578 g/mol. The lowest BCUT2D eigenvalue weighted by Gasteiger charge is -2.27. The Bertz CT molecular complexity index is 1750. The number of anilines is 1. The van der Waals surface area contributed by atoms with Crippen molar-refractivity contribution < 1.29 is 27.6 Å². The normalized spacial score (nSPS) is 21.3. The van der Waals surface area contributed by atoms with E-state index in [1.807, 2.05) is 13.0 Å². The Hall–Kier alpha value is -4.68. The molecule has 4 heterocycles. The first-order valence-electron chi connectivity index (χ1n) is 13.3. The summed E-state index contributed by atoms with van der Waals surface area (Å²) >= 11 is 0. The van der Waals surface area contributed by atoms with E-state index in [2.05, 4.69) is 25.4 Å². The van der Waals surface area contributed by atoms with Gasteiger partial charge in [0.15, 0.2) is 5.78 Å². The molecule has 1 aliphatic heterocycles. The van der Waals surface area contributed by atoms with Crippen LogP contribution in [-0.2, 0) is 22.3 Å². The van der Waals surface area contributed by atoms with E-state index < -0.39 is 23.8 Å². The minimum Gasteiger partial charge on any atom is -0.325 e. The Morgan fingerprint density at radius 2 is 1.81 bits per heavy atom. The molecule has 1 N–H and O–H groups in total. The maximum Gasteiger partial charge on any atom is 0.433 e. The van der Waals surface area contributed by atoms with Crippen molar-refractivity contribution in [2.45, 2.75) is 58.4 Å². The number of halogens is 3. The third-order valence-electron chi connectivity index (χ3n) is 8.00. The number of piperidine rings is 1. The SMILES string of the molecule is CC(=O)c1nn(CC(=O)N2[C@H](C(=O)Nc3cccc(C(F)(F)F)n3)C[C@@]3(C)C[C@@H]23)c2ccc(-c3cnc(C)nc3)cc12. The van der Waals surface area contributed by atoms with Crippen molar-refractivity contribution in [2.24, 2.45) is 5.41 Å². The first-order valence-corrected chi connectivity index (χ1v) is 13.3. The topological polar surface area (TPSA) is 123 Å². The first kappa shape index (κ1) is 27.5. The summed E-state index contributed by atoms with van der Waals surface area (Å²) < 4.78 is 40.8. The predicted octanol–water partition coefficient (Wildman–Crippen LogP) is 4.44. The van der Waals surface area contributed by atoms with Crippen molar-refractivity contribution in [3.63, 3.8) is 0 Å². The van der Waals surface area contributed by atoms with Gasteiger partial charge < -0.3 is 10.2 Å². The molecule has 2 fully saturated rings. The highest BCUT2D eigenvalue weighted by Crippen LogP contribution is 2.59. The number of benzene rings is 1. The summed E-state index contributed by atoms with van der Waals surface area (Å²) in [6.07, 6.45) is -0.208. The van der Waals surface area contributed by atoms with Gasteiger partial charge in [0.1, 0.15) is 35.6 Å². The lowest BCUT2D eigenvalue weighted by Crippen LogP contribution is -2.46. The highest BCUT2D eigenvalue weighted by molar-refractivity contribution is 6.06. The van der Waals surface area contributed by atoms with Gasteiger partial charge in [0.2, 0.25) is 11.8 Å². The molecule has 1 aliphatic carbocycles. The number of fused-ring (bicyclic) bond motifs is 2. The summed E-state index contributed by atoms with van der Waals surface area (Å²) in [5.41, 5.74) is 0.923. The van der Waals surface area contributed by atoms with E-state index in [0.29, 0.717) is 29.6 Å². The maximum absolute atomic E-state index is 13.7. The quantitative estimate of drug-likeness (QED) is 0.336. The van der Waals surface area contributed by atoms with Crippen molar-refractivity contribution in [1.29, 1.82) is 0 Å². The number of carbonyl (C=O) groups excluding carboxylic acids is 3. The molecule has 0 bridgehead atoms. The van der Waals surface area contributed by atoms with Crippen LogP contribution in [0.25, 0.3) is 22.0 Å². The van der Waals surface area contributed by atoms with Crippen LogP contribution in [0.1, 0.15) is 48.7 Å². The molecule has 0 unspecified atom stereocenters. The van der Waals surface area contributed by atoms with Crippen LogP contribution < -0.4 is 5.32 Å². The molecule has 6 rings (SSSR count). The second kappa shape index (κ2) is 9.71. The summed E-state index contributed by atoms with van der Waals surface area (Å²) in [6.45, 7) is 4.92. The number of aryl methyl sites for hydroxylation is 1. The van der Waals surface area contributed by atoms with Gasteiger partial charge in [-0.15, -0.1) is 0 Å². The van der Waals surface area contributed by atoms with Crippen molar-refractivity contribution in [3.05, 3.63) is 66.0 Å². The van der Waals surface area contributed by atoms with Gasteiger partial charge in [-0.2, -0.15) is 18.3 Å². The molecule has 4 aromatic rings. The van der Waals surface area contributed by atoms with E-state index >= 15 is 0 Å². The van der Waals surface area contributed by atoms with Crippen LogP contribution in [0.2, 0.25) is 0 Å². The number of pyridine rings is 1. The van der Waals surface area contributed by atoms with Crippen LogP contribution in [0.4, 0.5) is 19.0 Å².